The third kappa shape index (κ3) is 3.91. The molecule has 2 aromatic carbocycles. The van der Waals surface area contributed by atoms with Crippen molar-refractivity contribution in [2.45, 2.75) is 6.92 Å². The lowest BCUT2D eigenvalue weighted by atomic mass is 10.2. The molecule has 9 heteroatoms. The van der Waals surface area contributed by atoms with Crippen molar-refractivity contribution in [1.29, 1.82) is 0 Å². The van der Waals surface area contributed by atoms with E-state index < -0.39 is 28.8 Å². The van der Waals surface area contributed by atoms with Crippen LogP contribution in [0.25, 0.3) is 5.69 Å². The van der Waals surface area contributed by atoms with Crippen LogP contribution in [0.4, 0.5) is 4.39 Å². The lowest BCUT2D eigenvalue weighted by Crippen LogP contribution is -2.44. The second kappa shape index (κ2) is 8.01. The molecule has 1 aromatic heterocycles. The van der Waals surface area contributed by atoms with Crippen LogP contribution < -0.4 is 16.3 Å². The fourth-order valence-corrected chi connectivity index (χ4v) is 2.67. The summed E-state index contributed by atoms with van der Waals surface area (Å²) in [7, 11) is 0. The van der Waals surface area contributed by atoms with Gasteiger partial charge in [-0.05, 0) is 31.2 Å². The summed E-state index contributed by atoms with van der Waals surface area (Å²) in [5.41, 5.74) is 3.71. The summed E-state index contributed by atoms with van der Waals surface area (Å²) in [4.78, 5) is 36.5. The van der Waals surface area contributed by atoms with E-state index in [-0.39, 0.29) is 5.56 Å². The molecule has 0 unspecified atom stereocenters. The predicted molar refractivity (Wildman–Crippen MR) is 101 cm³/mol. The number of benzene rings is 2. The van der Waals surface area contributed by atoms with Gasteiger partial charge in [0.05, 0.1) is 16.3 Å². The maximum atomic E-state index is 13.6. The quantitative estimate of drug-likeness (QED) is 0.660. The van der Waals surface area contributed by atoms with E-state index in [1.165, 1.54) is 28.9 Å². The highest BCUT2D eigenvalue weighted by Gasteiger charge is 2.18. The average Bonchev–Trinajstić information content (AvgIpc) is 2.67. The number of hydrogen-bond donors (Lipinski definition) is 2. The number of carbonyl (C=O) groups is 2. The van der Waals surface area contributed by atoms with Gasteiger partial charge in [-0.1, -0.05) is 35.9 Å². The van der Waals surface area contributed by atoms with E-state index in [4.69, 9.17) is 11.6 Å². The predicted octanol–water partition coefficient (Wildman–Crippen LogP) is 2.41. The molecule has 28 heavy (non-hydrogen) atoms. The van der Waals surface area contributed by atoms with E-state index in [2.05, 4.69) is 16.0 Å². The Labute approximate surface area is 163 Å². The average molecular weight is 401 g/mol. The fourth-order valence-electron chi connectivity index (χ4n) is 2.46. The van der Waals surface area contributed by atoms with Gasteiger partial charge in [-0.15, -0.1) is 0 Å². The zero-order valence-corrected chi connectivity index (χ0v) is 15.3. The maximum absolute atomic E-state index is 13.6. The van der Waals surface area contributed by atoms with Crippen molar-refractivity contribution >= 4 is 23.4 Å². The van der Waals surface area contributed by atoms with Gasteiger partial charge >= 0.3 is 0 Å². The molecule has 0 aliphatic carbocycles. The van der Waals surface area contributed by atoms with Gasteiger partial charge in [0, 0.05) is 11.8 Å². The number of nitrogens with one attached hydrogen (secondary N) is 2. The number of aromatic nitrogens is 2. The van der Waals surface area contributed by atoms with Crippen molar-refractivity contribution in [3.63, 3.8) is 0 Å². The highest BCUT2D eigenvalue weighted by atomic mass is 35.5. The summed E-state index contributed by atoms with van der Waals surface area (Å²) in [6, 6.07) is 13.3. The summed E-state index contributed by atoms with van der Waals surface area (Å²) in [5.74, 6) is -2.57. The molecule has 0 aliphatic rings. The molecule has 7 nitrogen and oxygen atoms in total. The highest BCUT2D eigenvalue weighted by molar-refractivity contribution is 6.32. The minimum atomic E-state index is -0.949. The summed E-state index contributed by atoms with van der Waals surface area (Å²) < 4.78 is 15.0. The minimum Gasteiger partial charge on any atom is -0.287 e. The lowest BCUT2D eigenvalue weighted by molar-refractivity contribution is 0.0840. The van der Waals surface area contributed by atoms with Crippen molar-refractivity contribution in [3.8, 4) is 5.69 Å². The van der Waals surface area contributed by atoms with Crippen molar-refractivity contribution < 1.29 is 14.0 Å². The van der Waals surface area contributed by atoms with Gasteiger partial charge < -0.3 is 0 Å². The third-order valence-electron chi connectivity index (χ3n) is 3.81. The Morgan fingerprint density at radius 1 is 1.04 bits per heavy atom. The van der Waals surface area contributed by atoms with Gasteiger partial charge in [0.2, 0.25) is 5.43 Å². The first-order valence-corrected chi connectivity index (χ1v) is 8.47. The van der Waals surface area contributed by atoms with E-state index in [0.29, 0.717) is 16.4 Å². The zero-order chi connectivity index (χ0) is 20.3. The number of rotatable bonds is 3. The maximum Gasteiger partial charge on any atom is 0.294 e. The smallest absolute Gasteiger partial charge is 0.287 e. The normalized spacial score (nSPS) is 10.4. The standard InChI is InChI=1S/C19H14ClFN4O3/c1-11-10-16(26)17(24-25(11)15-9-5-3-7-13(15)20)19(28)23-22-18(27)12-6-2-4-8-14(12)21/h2-10H,1H3,(H,22,27)(H,23,28). The molecule has 0 spiro atoms. The van der Waals surface area contributed by atoms with Crippen LogP contribution in [-0.2, 0) is 0 Å². The summed E-state index contributed by atoms with van der Waals surface area (Å²) in [6.45, 7) is 1.64. The Balaban J connectivity index is 1.85. The first-order chi connectivity index (χ1) is 13.4. The van der Waals surface area contributed by atoms with Crippen molar-refractivity contribution in [1.82, 2.24) is 20.6 Å². The van der Waals surface area contributed by atoms with Gasteiger partial charge in [-0.2, -0.15) is 5.10 Å². The number of amides is 2. The second-order valence-electron chi connectivity index (χ2n) is 5.75. The van der Waals surface area contributed by atoms with Crippen LogP contribution in [0.1, 0.15) is 26.5 Å². The molecule has 0 radical (unpaired) electrons. The Bertz CT molecular complexity index is 1130. The van der Waals surface area contributed by atoms with Crippen LogP contribution in [0.5, 0.6) is 0 Å². The van der Waals surface area contributed by atoms with Crippen LogP contribution in [-0.4, -0.2) is 21.6 Å². The van der Waals surface area contributed by atoms with Crippen molar-refractivity contribution in [2.24, 2.45) is 0 Å². The van der Waals surface area contributed by atoms with Gasteiger partial charge in [-0.25, -0.2) is 9.07 Å². The van der Waals surface area contributed by atoms with Crippen LogP contribution in [0, 0.1) is 12.7 Å². The van der Waals surface area contributed by atoms with E-state index in [1.54, 1.807) is 31.2 Å². The molecule has 1 heterocycles. The van der Waals surface area contributed by atoms with Crippen LogP contribution >= 0.6 is 11.6 Å². The molecule has 2 N–H and O–H groups in total. The molecule has 142 valence electrons. The Morgan fingerprint density at radius 3 is 2.39 bits per heavy atom. The number of aryl methyl sites for hydroxylation is 1. The Hall–Kier alpha value is -3.52. The van der Waals surface area contributed by atoms with E-state index in [0.717, 1.165) is 6.07 Å². The fraction of sp³-hybridized carbons (Fsp3) is 0.0526. The number of halogens is 2. The number of carbonyl (C=O) groups excluding carboxylic acids is 2. The van der Waals surface area contributed by atoms with Gasteiger partial charge in [0.25, 0.3) is 11.8 Å². The van der Waals surface area contributed by atoms with E-state index in [9.17, 15) is 18.8 Å². The number of para-hydroxylation sites is 1. The van der Waals surface area contributed by atoms with Crippen LogP contribution in [0.15, 0.2) is 59.4 Å². The molecule has 3 rings (SSSR count). The summed E-state index contributed by atoms with van der Waals surface area (Å²) in [5, 5.41) is 4.43. The third-order valence-corrected chi connectivity index (χ3v) is 4.13. The lowest BCUT2D eigenvalue weighted by Gasteiger charge is -2.13. The molecular weight excluding hydrogens is 387 g/mol. The van der Waals surface area contributed by atoms with E-state index in [1.807, 2.05) is 0 Å². The number of nitrogens with zero attached hydrogens (tertiary/aromatic N) is 2. The highest BCUT2D eigenvalue weighted by Crippen LogP contribution is 2.19. The van der Waals surface area contributed by atoms with Crippen molar-refractivity contribution in [3.05, 3.63) is 92.6 Å². The molecular formula is C19H14ClFN4O3. The molecule has 0 saturated carbocycles. The molecule has 0 aliphatic heterocycles. The first kappa shape index (κ1) is 19.2. The molecule has 0 fully saturated rings. The van der Waals surface area contributed by atoms with Crippen LogP contribution in [0.3, 0.4) is 0 Å². The molecule has 0 atom stereocenters. The molecule has 0 saturated heterocycles. The van der Waals surface area contributed by atoms with Crippen molar-refractivity contribution in [2.75, 3.05) is 0 Å². The van der Waals surface area contributed by atoms with Crippen LogP contribution in [0.2, 0.25) is 5.02 Å². The monoisotopic (exact) mass is 400 g/mol. The number of hydrogen-bond acceptors (Lipinski definition) is 4. The molecule has 3 aromatic rings. The second-order valence-corrected chi connectivity index (χ2v) is 6.16. The van der Waals surface area contributed by atoms with E-state index >= 15 is 0 Å². The molecule has 2 amide bonds. The zero-order valence-electron chi connectivity index (χ0n) is 14.6. The topological polar surface area (TPSA) is 93.1 Å². The summed E-state index contributed by atoms with van der Waals surface area (Å²) >= 11 is 6.16. The minimum absolute atomic E-state index is 0.256. The SMILES string of the molecule is Cc1cc(=O)c(C(=O)NNC(=O)c2ccccc2F)nn1-c1ccccc1Cl. The van der Waals surface area contributed by atoms with Gasteiger partial charge in [-0.3, -0.25) is 25.2 Å². The Morgan fingerprint density at radius 2 is 1.68 bits per heavy atom. The first-order valence-electron chi connectivity index (χ1n) is 8.09. The molecule has 0 bridgehead atoms. The number of hydrazine groups is 1. The Kier molecular flexibility index (Phi) is 5.51. The largest absolute Gasteiger partial charge is 0.294 e. The summed E-state index contributed by atoms with van der Waals surface area (Å²) in [6.07, 6.45) is 0. The van der Waals surface area contributed by atoms with Gasteiger partial charge in [0.1, 0.15) is 5.82 Å². The van der Waals surface area contributed by atoms with Gasteiger partial charge in [0.15, 0.2) is 5.69 Å².